The molecule has 2 fully saturated rings. The summed E-state index contributed by atoms with van der Waals surface area (Å²) in [5.41, 5.74) is 0.0218. The van der Waals surface area contributed by atoms with Gasteiger partial charge in [-0.1, -0.05) is 0 Å². The first-order chi connectivity index (χ1) is 16.4. The molecular weight excluding hydrogens is 473 g/mol. The van der Waals surface area contributed by atoms with Crippen molar-refractivity contribution >= 4 is 29.2 Å². The van der Waals surface area contributed by atoms with E-state index in [2.05, 4.69) is 17.3 Å². The monoisotopic (exact) mass is 504 g/mol. The Morgan fingerprint density at radius 2 is 1.66 bits per heavy atom. The van der Waals surface area contributed by atoms with E-state index in [4.69, 9.17) is 24.5 Å². The number of nitrogens with zero attached hydrogens (tertiary/aromatic N) is 3. The van der Waals surface area contributed by atoms with Crippen LogP contribution in [-0.2, 0) is 25.3 Å². The van der Waals surface area contributed by atoms with E-state index >= 15 is 0 Å². The topological polar surface area (TPSA) is 123 Å². The number of benzene rings is 1. The molecule has 0 unspecified atom stereocenters. The van der Waals surface area contributed by atoms with Gasteiger partial charge in [0.2, 0.25) is 5.91 Å². The van der Waals surface area contributed by atoms with Crippen molar-refractivity contribution in [1.29, 1.82) is 0 Å². The Morgan fingerprint density at radius 1 is 1.09 bits per heavy atom. The molecule has 1 amide bonds. The van der Waals surface area contributed by atoms with Gasteiger partial charge in [0.15, 0.2) is 0 Å². The van der Waals surface area contributed by atoms with Gasteiger partial charge in [0.25, 0.3) is 0 Å². The van der Waals surface area contributed by atoms with Crippen LogP contribution in [0.5, 0.6) is 0 Å². The maximum absolute atomic E-state index is 13.2. The van der Waals surface area contributed by atoms with Gasteiger partial charge in [-0.15, -0.1) is 0 Å². The molecule has 0 aromatic heterocycles. The molecule has 0 bridgehead atoms. The van der Waals surface area contributed by atoms with Gasteiger partial charge in [0.1, 0.15) is 0 Å². The van der Waals surface area contributed by atoms with Gasteiger partial charge in [-0.2, -0.15) is 13.2 Å². The van der Waals surface area contributed by atoms with Crippen molar-refractivity contribution in [3.05, 3.63) is 23.8 Å². The fourth-order valence-electron chi connectivity index (χ4n) is 3.87. The van der Waals surface area contributed by atoms with Crippen LogP contribution in [0.3, 0.4) is 0 Å². The third-order valence-electron chi connectivity index (χ3n) is 5.84. The van der Waals surface area contributed by atoms with Crippen molar-refractivity contribution in [1.82, 2.24) is 9.80 Å². The van der Waals surface area contributed by atoms with E-state index in [1.807, 2.05) is 16.8 Å². The van der Waals surface area contributed by atoms with Crippen molar-refractivity contribution in [3.63, 3.8) is 0 Å². The van der Waals surface area contributed by atoms with E-state index in [-0.39, 0.29) is 18.1 Å². The second kappa shape index (κ2) is 12.7. The fraction of sp³-hybridized carbons (Fsp3) is 0.591. The Labute approximate surface area is 201 Å². The Bertz CT molecular complexity index is 872. The van der Waals surface area contributed by atoms with Gasteiger partial charge >= 0.3 is 18.1 Å². The van der Waals surface area contributed by atoms with E-state index in [9.17, 15) is 18.0 Å². The average molecular weight is 505 g/mol. The van der Waals surface area contributed by atoms with Gasteiger partial charge in [0, 0.05) is 19.1 Å². The number of piperidine rings is 1. The van der Waals surface area contributed by atoms with Gasteiger partial charge in [-0.25, -0.2) is 9.59 Å². The van der Waals surface area contributed by atoms with E-state index in [1.54, 1.807) is 0 Å². The number of carbonyl (C=O) groups excluding carboxylic acids is 1. The van der Waals surface area contributed by atoms with Crippen molar-refractivity contribution in [3.8, 4) is 0 Å². The SMILES string of the molecule is CN1CCC(N(C)CC(=O)Nc2cc(C(F)(F)F)ccc2N2CCOCC2)CC1.O=C(O)C(=O)O. The van der Waals surface area contributed by atoms with Crippen LogP contribution < -0.4 is 10.2 Å². The Morgan fingerprint density at radius 3 is 2.17 bits per heavy atom. The fourth-order valence-corrected chi connectivity index (χ4v) is 3.87. The summed E-state index contributed by atoms with van der Waals surface area (Å²) in [4.78, 5) is 37.0. The highest BCUT2D eigenvalue weighted by molar-refractivity contribution is 6.27. The van der Waals surface area contributed by atoms with E-state index in [0.29, 0.717) is 38.0 Å². The summed E-state index contributed by atoms with van der Waals surface area (Å²) >= 11 is 0. The molecule has 1 aromatic rings. The molecule has 2 heterocycles. The maximum Gasteiger partial charge on any atom is 0.416 e. The molecule has 3 N–H and O–H groups in total. The second-order valence-corrected chi connectivity index (χ2v) is 8.44. The lowest BCUT2D eigenvalue weighted by Crippen LogP contribution is -2.44. The molecule has 0 saturated carbocycles. The number of morpholine rings is 1. The molecule has 35 heavy (non-hydrogen) atoms. The molecule has 0 spiro atoms. The van der Waals surface area contributed by atoms with Crippen LogP contribution in [0.25, 0.3) is 0 Å². The van der Waals surface area contributed by atoms with Crippen LogP contribution in [0.2, 0.25) is 0 Å². The number of rotatable bonds is 5. The van der Waals surface area contributed by atoms with Crippen LogP contribution >= 0.6 is 0 Å². The number of halogens is 3. The third-order valence-corrected chi connectivity index (χ3v) is 5.84. The zero-order valence-electron chi connectivity index (χ0n) is 19.7. The molecule has 0 aliphatic carbocycles. The molecule has 196 valence electrons. The zero-order valence-corrected chi connectivity index (χ0v) is 19.7. The maximum atomic E-state index is 13.2. The van der Waals surface area contributed by atoms with Crippen LogP contribution in [0.4, 0.5) is 24.5 Å². The largest absolute Gasteiger partial charge is 0.473 e. The highest BCUT2D eigenvalue weighted by Crippen LogP contribution is 2.35. The smallest absolute Gasteiger partial charge is 0.416 e. The first-order valence-electron chi connectivity index (χ1n) is 11.1. The second-order valence-electron chi connectivity index (χ2n) is 8.44. The number of anilines is 2. The molecule has 2 aliphatic rings. The van der Waals surface area contributed by atoms with E-state index < -0.39 is 23.7 Å². The van der Waals surface area contributed by atoms with Crippen molar-refractivity contribution in [2.75, 3.05) is 70.2 Å². The normalized spacial score (nSPS) is 17.5. The minimum Gasteiger partial charge on any atom is -0.473 e. The lowest BCUT2D eigenvalue weighted by molar-refractivity contribution is -0.159. The molecule has 0 atom stereocenters. The van der Waals surface area contributed by atoms with Crippen LogP contribution in [0, 0.1) is 0 Å². The molecule has 0 radical (unpaired) electrons. The Balaban J connectivity index is 0.000000641. The average Bonchev–Trinajstić information content (AvgIpc) is 2.79. The molecule has 13 heteroatoms. The van der Waals surface area contributed by atoms with Gasteiger partial charge < -0.3 is 30.1 Å². The number of likely N-dealkylation sites (tertiary alicyclic amines) is 1. The molecule has 2 aliphatic heterocycles. The first kappa shape index (κ1) is 28.3. The number of aliphatic carboxylic acids is 2. The first-order valence-corrected chi connectivity index (χ1v) is 11.1. The third kappa shape index (κ3) is 9.00. The molecule has 2 saturated heterocycles. The van der Waals surface area contributed by atoms with Crippen molar-refractivity contribution in [2.45, 2.75) is 25.1 Å². The number of ether oxygens (including phenoxy) is 1. The van der Waals surface area contributed by atoms with Gasteiger partial charge in [-0.05, 0) is 58.2 Å². The summed E-state index contributed by atoms with van der Waals surface area (Å²) in [6.07, 6.45) is -2.51. The number of carboxylic acids is 2. The number of carboxylic acid groups (broad SMARTS) is 2. The van der Waals surface area contributed by atoms with Gasteiger partial charge in [0.05, 0.1) is 36.7 Å². The predicted octanol–water partition coefficient (Wildman–Crippen LogP) is 1.66. The predicted molar refractivity (Wildman–Crippen MR) is 122 cm³/mol. The molecule has 1 aromatic carbocycles. The Hall–Kier alpha value is -2.90. The summed E-state index contributed by atoms with van der Waals surface area (Å²) in [5.74, 6) is -3.95. The van der Waals surface area contributed by atoms with Crippen molar-refractivity contribution in [2.24, 2.45) is 0 Å². The lowest BCUT2D eigenvalue weighted by atomic mass is 10.0. The number of alkyl halides is 3. The molecule has 3 rings (SSSR count). The number of carbonyl (C=O) groups is 3. The number of likely N-dealkylation sites (N-methyl/N-ethyl adjacent to an activating group) is 1. The number of hydrogen-bond acceptors (Lipinski definition) is 7. The van der Waals surface area contributed by atoms with Crippen LogP contribution in [-0.4, -0.2) is 104 Å². The summed E-state index contributed by atoms with van der Waals surface area (Å²) in [6.45, 7) is 4.26. The minimum absolute atomic E-state index is 0.146. The van der Waals surface area contributed by atoms with E-state index in [0.717, 1.165) is 38.1 Å². The quantitative estimate of drug-likeness (QED) is 0.514. The van der Waals surface area contributed by atoms with Gasteiger partial charge in [-0.3, -0.25) is 9.69 Å². The Kier molecular flexibility index (Phi) is 10.3. The highest BCUT2D eigenvalue weighted by atomic mass is 19.4. The highest BCUT2D eigenvalue weighted by Gasteiger charge is 2.32. The van der Waals surface area contributed by atoms with Crippen LogP contribution in [0.15, 0.2) is 18.2 Å². The van der Waals surface area contributed by atoms with Crippen LogP contribution in [0.1, 0.15) is 18.4 Å². The summed E-state index contributed by atoms with van der Waals surface area (Å²) in [5, 5.41) is 17.5. The standard InChI is InChI=1S/C20H29F3N4O2.C2H2O4/c1-25-7-5-16(6-8-25)26(2)14-19(28)24-17-13-15(20(21,22)23)3-4-18(17)27-9-11-29-12-10-27;3-1(4)2(5)6/h3-4,13,16H,5-12,14H2,1-2H3,(H,24,28);(H,3,4)(H,5,6). The number of nitrogens with one attached hydrogen (secondary N) is 1. The molecular formula is C22H31F3N4O6. The number of amides is 1. The van der Waals surface area contributed by atoms with Crippen molar-refractivity contribution < 1.29 is 42.5 Å². The van der Waals surface area contributed by atoms with E-state index in [1.165, 1.54) is 6.07 Å². The molecule has 10 nitrogen and oxygen atoms in total. The zero-order chi connectivity index (χ0) is 26.2. The summed E-state index contributed by atoms with van der Waals surface area (Å²) in [7, 11) is 3.97. The minimum atomic E-state index is -4.46. The summed E-state index contributed by atoms with van der Waals surface area (Å²) < 4.78 is 44.9. The summed E-state index contributed by atoms with van der Waals surface area (Å²) in [6, 6.07) is 3.82. The number of hydrogen-bond donors (Lipinski definition) is 3. The lowest BCUT2D eigenvalue weighted by Gasteiger charge is -2.35.